The van der Waals surface area contributed by atoms with Gasteiger partial charge in [-0.1, -0.05) is 13.3 Å². The Morgan fingerprint density at radius 2 is 2.13 bits per heavy atom. The Morgan fingerprint density at radius 3 is 2.60 bits per heavy atom. The summed E-state index contributed by atoms with van der Waals surface area (Å²) in [6.45, 7) is 2.93. The van der Waals surface area contributed by atoms with E-state index in [4.69, 9.17) is 10.8 Å². The van der Waals surface area contributed by atoms with E-state index in [2.05, 4.69) is 5.32 Å². The molecular formula is C10H20N2O3. The highest BCUT2D eigenvalue weighted by Crippen LogP contribution is 2.05. The van der Waals surface area contributed by atoms with E-state index in [0.717, 1.165) is 6.42 Å². The summed E-state index contributed by atoms with van der Waals surface area (Å²) in [4.78, 5) is 21.5. The Hall–Kier alpha value is -1.10. The number of hydrogen-bond donors (Lipinski definition) is 3. The Kier molecular flexibility index (Phi) is 7.62. The molecule has 5 heteroatoms. The van der Waals surface area contributed by atoms with Crippen LogP contribution in [-0.4, -0.2) is 30.1 Å². The summed E-state index contributed by atoms with van der Waals surface area (Å²) in [6, 6.07) is 0. The first-order valence-electron chi connectivity index (χ1n) is 5.28. The third-order valence-electron chi connectivity index (χ3n) is 2.27. The summed E-state index contributed by atoms with van der Waals surface area (Å²) in [7, 11) is 0. The standard InChI is InChI=1S/C10H20N2O3/c1-2-8(7-11)6-9(13)12-5-3-4-10(14)15/h8H,2-7,11H2,1H3,(H,12,13)(H,14,15). The molecule has 0 bridgehead atoms. The van der Waals surface area contributed by atoms with Crippen LogP contribution in [0.1, 0.15) is 32.6 Å². The molecule has 0 aromatic carbocycles. The lowest BCUT2D eigenvalue weighted by Gasteiger charge is -2.11. The van der Waals surface area contributed by atoms with Gasteiger partial charge in [0, 0.05) is 19.4 Å². The van der Waals surface area contributed by atoms with E-state index in [-0.39, 0.29) is 18.2 Å². The van der Waals surface area contributed by atoms with Gasteiger partial charge in [0.1, 0.15) is 0 Å². The lowest BCUT2D eigenvalue weighted by molar-refractivity contribution is -0.137. The molecule has 0 fully saturated rings. The third-order valence-corrected chi connectivity index (χ3v) is 2.27. The van der Waals surface area contributed by atoms with Crippen molar-refractivity contribution in [3.05, 3.63) is 0 Å². The van der Waals surface area contributed by atoms with Crippen LogP contribution in [0.25, 0.3) is 0 Å². The minimum Gasteiger partial charge on any atom is -0.481 e. The average Bonchev–Trinajstić information content (AvgIpc) is 2.20. The minimum absolute atomic E-state index is 0.0438. The van der Waals surface area contributed by atoms with Crippen LogP contribution in [0.4, 0.5) is 0 Å². The number of amides is 1. The van der Waals surface area contributed by atoms with Gasteiger partial charge in [0.25, 0.3) is 0 Å². The largest absolute Gasteiger partial charge is 0.481 e. The van der Waals surface area contributed by atoms with Crippen LogP contribution in [0.15, 0.2) is 0 Å². The number of nitrogens with one attached hydrogen (secondary N) is 1. The van der Waals surface area contributed by atoms with Crippen LogP contribution >= 0.6 is 0 Å². The molecule has 1 unspecified atom stereocenters. The molecule has 0 spiro atoms. The molecule has 1 atom stereocenters. The van der Waals surface area contributed by atoms with Gasteiger partial charge in [-0.2, -0.15) is 0 Å². The van der Waals surface area contributed by atoms with Crippen molar-refractivity contribution in [3.8, 4) is 0 Å². The molecule has 0 rings (SSSR count). The second-order valence-electron chi connectivity index (χ2n) is 3.56. The molecule has 4 N–H and O–H groups in total. The molecule has 88 valence electrons. The highest BCUT2D eigenvalue weighted by Gasteiger charge is 2.09. The number of aliphatic carboxylic acids is 1. The zero-order valence-electron chi connectivity index (χ0n) is 9.16. The van der Waals surface area contributed by atoms with Crippen molar-refractivity contribution in [1.29, 1.82) is 0 Å². The van der Waals surface area contributed by atoms with Crippen LogP contribution in [0.3, 0.4) is 0 Å². The Morgan fingerprint density at radius 1 is 1.47 bits per heavy atom. The van der Waals surface area contributed by atoms with Gasteiger partial charge in [-0.25, -0.2) is 0 Å². The van der Waals surface area contributed by atoms with Crippen molar-refractivity contribution in [3.63, 3.8) is 0 Å². The Balaban J connectivity index is 3.52. The normalized spacial score (nSPS) is 12.1. The number of carboxylic acid groups (broad SMARTS) is 1. The SMILES string of the molecule is CCC(CN)CC(=O)NCCCC(=O)O. The molecule has 0 aromatic heterocycles. The fraction of sp³-hybridized carbons (Fsp3) is 0.800. The number of rotatable bonds is 8. The fourth-order valence-electron chi connectivity index (χ4n) is 1.20. The van der Waals surface area contributed by atoms with Crippen molar-refractivity contribution in [2.75, 3.05) is 13.1 Å². The van der Waals surface area contributed by atoms with E-state index >= 15 is 0 Å². The first kappa shape index (κ1) is 13.9. The summed E-state index contributed by atoms with van der Waals surface area (Å²) in [5.74, 6) is -0.653. The summed E-state index contributed by atoms with van der Waals surface area (Å²) >= 11 is 0. The van der Waals surface area contributed by atoms with Crippen LogP contribution in [0.2, 0.25) is 0 Å². The predicted molar refractivity (Wildman–Crippen MR) is 57.3 cm³/mol. The smallest absolute Gasteiger partial charge is 0.303 e. The maximum atomic E-state index is 11.3. The van der Waals surface area contributed by atoms with Gasteiger partial charge >= 0.3 is 5.97 Å². The van der Waals surface area contributed by atoms with E-state index in [9.17, 15) is 9.59 Å². The molecule has 0 aliphatic carbocycles. The van der Waals surface area contributed by atoms with Crippen LogP contribution in [0.5, 0.6) is 0 Å². The number of hydrogen-bond acceptors (Lipinski definition) is 3. The predicted octanol–water partition coefficient (Wildman–Crippen LogP) is 0.342. The van der Waals surface area contributed by atoms with Crippen molar-refractivity contribution in [2.45, 2.75) is 32.6 Å². The molecule has 5 nitrogen and oxygen atoms in total. The fourth-order valence-corrected chi connectivity index (χ4v) is 1.20. The number of carbonyl (C=O) groups is 2. The highest BCUT2D eigenvalue weighted by molar-refractivity contribution is 5.76. The minimum atomic E-state index is -0.836. The van der Waals surface area contributed by atoms with Crippen molar-refractivity contribution >= 4 is 11.9 Å². The maximum Gasteiger partial charge on any atom is 0.303 e. The van der Waals surface area contributed by atoms with E-state index in [0.29, 0.717) is 25.9 Å². The van der Waals surface area contributed by atoms with Gasteiger partial charge in [0.05, 0.1) is 0 Å². The van der Waals surface area contributed by atoms with E-state index in [1.807, 2.05) is 6.92 Å². The van der Waals surface area contributed by atoms with Crippen LogP contribution in [0, 0.1) is 5.92 Å². The Labute approximate surface area is 90.0 Å². The molecule has 0 saturated carbocycles. The quantitative estimate of drug-likeness (QED) is 0.510. The second kappa shape index (κ2) is 8.23. The molecule has 0 aromatic rings. The molecule has 0 aliphatic rings. The van der Waals surface area contributed by atoms with Crippen molar-refractivity contribution < 1.29 is 14.7 Å². The van der Waals surface area contributed by atoms with Gasteiger partial charge in [0.2, 0.25) is 5.91 Å². The first-order valence-corrected chi connectivity index (χ1v) is 5.28. The molecular weight excluding hydrogens is 196 g/mol. The first-order chi connectivity index (χ1) is 7.10. The molecule has 15 heavy (non-hydrogen) atoms. The van der Waals surface area contributed by atoms with Gasteiger partial charge in [-0.15, -0.1) is 0 Å². The second-order valence-corrected chi connectivity index (χ2v) is 3.56. The highest BCUT2D eigenvalue weighted by atomic mass is 16.4. The molecule has 0 heterocycles. The molecule has 0 saturated heterocycles. The Bertz CT molecular complexity index is 203. The van der Waals surface area contributed by atoms with Crippen LogP contribution in [-0.2, 0) is 9.59 Å². The van der Waals surface area contributed by atoms with E-state index in [1.165, 1.54) is 0 Å². The maximum absolute atomic E-state index is 11.3. The summed E-state index contributed by atoms with van der Waals surface area (Å²) in [5, 5.41) is 11.1. The van der Waals surface area contributed by atoms with E-state index < -0.39 is 5.97 Å². The number of carbonyl (C=O) groups excluding carboxylic acids is 1. The molecule has 1 amide bonds. The van der Waals surface area contributed by atoms with Gasteiger partial charge in [-0.05, 0) is 18.9 Å². The van der Waals surface area contributed by atoms with Crippen molar-refractivity contribution in [2.24, 2.45) is 11.7 Å². The third kappa shape index (κ3) is 7.93. The monoisotopic (exact) mass is 216 g/mol. The lowest BCUT2D eigenvalue weighted by Crippen LogP contribution is -2.28. The van der Waals surface area contributed by atoms with Crippen LogP contribution < -0.4 is 11.1 Å². The number of nitrogens with two attached hydrogens (primary N) is 1. The topological polar surface area (TPSA) is 92.4 Å². The van der Waals surface area contributed by atoms with Gasteiger partial charge in [0.15, 0.2) is 0 Å². The zero-order valence-corrected chi connectivity index (χ0v) is 9.16. The zero-order chi connectivity index (χ0) is 11.7. The lowest BCUT2D eigenvalue weighted by atomic mass is 10.0. The van der Waals surface area contributed by atoms with Crippen molar-refractivity contribution in [1.82, 2.24) is 5.32 Å². The average molecular weight is 216 g/mol. The van der Waals surface area contributed by atoms with Gasteiger partial charge in [-0.3, -0.25) is 9.59 Å². The molecule has 0 radical (unpaired) electrons. The molecule has 0 aliphatic heterocycles. The number of carboxylic acids is 1. The van der Waals surface area contributed by atoms with E-state index in [1.54, 1.807) is 0 Å². The summed E-state index contributed by atoms with van der Waals surface area (Å²) < 4.78 is 0. The summed E-state index contributed by atoms with van der Waals surface area (Å²) in [6.07, 6.45) is 1.88. The summed E-state index contributed by atoms with van der Waals surface area (Å²) in [5.41, 5.74) is 5.47. The van der Waals surface area contributed by atoms with Gasteiger partial charge < -0.3 is 16.2 Å².